The van der Waals surface area contributed by atoms with Gasteiger partial charge in [0.1, 0.15) is 0 Å². The number of benzene rings is 1. The molecule has 2 aromatic rings. The van der Waals surface area contributed by atoms with E-state index in [9.17, 15) is 0 Å². The molecule has 1 aromatic heterocycles. The zero-order valence-corrected chi connectivity index (χ0v) is 10.3. The molecule has 1 heterocycles. The van der Waals surface area contributed by atoms with Gasteiger partial charge in [-0.1, -0.05) is 19.1 Å². The van der Waals surface area contributed by atoms with E-state index >= 15 is 0 Å². The number of aliphatic hydroxyl groups excluding tert-OH is 1. The first kappa shape index (κ1) is 12.1. The zero-order chi connectivity index (χ0) is 12.1. The minimum Gasteiger partial charge on any atom is -0.395 e. The Kier molecular flexibility index (Phi) is 4.18. The first-order chi connectivity index (χ1) is 8.35. The van der Waals surface area contributed by atoms with Crippen LogP contribution in [0.3, 0.4) is 0 Å². The number of rotatable bonds is 6. The summed E-state index contributed by atoms with van der Waals surface area (Å²) in [4.78, 5) is 0. The van der Waals surface area contributed by atoms with Gasteiger partial charge in [-0.25, -0.2) is 0 Å². The Labute approximate surface area is 102 Å². The number of hydrogen-bond acceptors (Lipinski definition) is 2. The third-order valence-corrected chi connectivity index (χ3v) is 2.94. The molecule has 1 aromatic carbocycles. The third kappa shape index (κ3) is 2.87. The normalized spacial score (nSPS) is 11.2. The average Bonchev–Trinajstić information content (AvgIpc) is 2.73. The van der Waals surface area contributed by atoms with Gasteiger partial charge in [-0.2, -0.15) is 0 Å². The smallest absolute Gasteiger partial charge is 0.0610 e. The number of hydrogen-bond donors (Lipinski definition) is 2. The van der Waals surface area contributed by atoms with Gasteiger partial charge in [0, 0.05) is 24.8 Å². The van der Waals surface area contributed by atoms with E-state index in [1.807, 2.05) is 6.20 Å². The van der Waals surface area contributed by atoms with Gasteiger partial charge in [-0.15, -0.1) is 0 Å². The van der Waals surface area contributed by atoms with Crippen LogP contribution in [-0.2, 0) is 13.1 Å². The molecule has 17 heavy (non-hydrogen) atoms. The first-order valence-corrected chi connectivity index (χ1v) is 6.24. The maximum Gasteiger partial charge on any atom is 0.0610 e. The van der Waals surface area contributed by atoms with Gasteiger partial charge in [0.15, 0.2) is 0 Å². The van der Waals surface area contributed by atoms with E-state index in [-0.39, 0.29) is 6.61 Å². The van der Waals surface area contributed by atoms with E-state index in [4.69, 9.17) is 5.11 Å². The van der Waals surface area contributed by atoms with Crippen LogP contribution >= 0.6 is 0 Å². The fourth-order valence-electron chi connectivity index (χ4n) is 2.05. The van der Waals surface area contributed by atoms with Crippen LogP contribution in [0.2, 0.25) is 0 Å². The molecule has 0 saturated carbocycles. The van der Waals surface area contributed by atoms with Crippen LogP contribution in [0.1, 0.15) is 18.9 Å². The van der Waals surface area contributed by atoms with Crippen LogP contribution < -0.4 is 5.32 Å². The summed E-state index contributed by atoms with van der Waals surface area (Å²) in [6, 6.07) is 8.60. The van der Waals surface area contributed by atoms with Crippen molar-refractivity contribution in [2.75, 3.05) is 13.2 Å². The average molecular weight is 232 g/mol. The molecule has 0 amide bonds. The summed E-state index contributed by atoms with van der Waals surface area (Å²) >= 11 is 0. The maximum atomic E-state index is 9.01. The summed E-state index contributed by atoms with van der Waals surface area (Å²) in [7, 11) is 0. The molecular formula is C14H20N2O. The van der Waals surface area contributed by atoms with Crippen LogP contribution in [0.5, 0.6) is 0 Å². The Morgan fingerprint density at radius 2 is 2.18 bits per heavy atom. The molecule has 0 fully saturated rings. The van der Waals surface area contributed by atoms with Crippen molar-refractivity contribution >= 4 is 10.9 Å². The van der Waals surface area contributed by atoms with Gasteiger partial charge < -0.3 is 15.0 Å². The molecule has 2 rings (SSSR count). The summed E-state index contributed by atoms with van der Waals surface area (Å²) in [6.45, 7) is 4.98. The molecule has 2 N–H and O–H groups in total. The summed E-state index contributed by atoms with van der Waals surface area (Å²) < 4.78 is 2.10. The Hall–Kier alpha value is -1.32. The molecule has 0 bridgehead atoms. The molecule has 0 atom stereocenters. The number of nitrogens with one attached hydrogen (secondary N) is 1. The Morgan fingerprint density at radius 3 is 2.94 bits per heavy atom. The van der Waals surface area contributed by atoms with E-state index in [1.165, 1.54) is 16.5 Å². The van der Waals surface area contributed by atoms with E-state index in [1.54, 1.807) is 0 Å². The van der Waals surface area contributed by atoms with Crippen molar-refractivity contribution in [2.45, 2.75) is 26.4 Å². The number of aliphatic hydroxyl groups is 1. The van der Waals surface area contributed by atoms with E-state index in [2.05, 4.69) is 41.1 Å². The number of aromatic nitrogens is 1. The largest absolute Gasteiger partial charge is 0.395 e. The second-order valence-corrected chi connectivity index (χ2v) is 4.30. The predicted molar refractivity (Wildman–Crippen MR) is 71.0 cm³/mol. The monoisotopic (exact) mass is 232 g/mol. The van der Waals surface area contributed by atoms with Crippen LogP contribution in [0.25, 0.3) is 10.9 Å². The highest BCUT2D eigenvalue weighted by Gasteiger charge is 2.01. The molecule has 0 aliphatic carbocycles. The lowest BCUT2D eigenvalue weighted by molar-refractivity contribution is 0.278. The lowest BCUT2D eigenvalue weighted by atomic mass is 10.1. The Balaban J connectivity index is 2.18. The second-order valence-electron chi connectivity index (χ2n) is 4.30. The zero-order valence-electron chi connectivity index (χ0n) is 10.3. The molecule has 0 aliphatic rings. The molecule has 92 valence electrons. The summed E-state index contributed by atoms with van der Waals surface area (Å²) in [5.41, 5.74) is 2.50. The van der Waals surface area contributed by atoms with Crippen molar-refractivity contribution in [1.82, 2.24) is 9.88 Å². The molecule has 0 unspecified atom stereocenters. The molecule has 0 radical (unpaired) electrons. The van der Waals surface area contributed by atoms with Gasteiger partial charge in [0.2, 0.25) is 0 Å². The minimum atomic E-state index is 0.183. The fraction of sp³-hybridized carbons (Fsp3) is 0.429. The summed E-state index contributed by atoms with van der Waals surface area (Å²) in [5.74, 6) is 0. The lowest BCUT2D eigenvalue weighted by Gasteiger charge is -2.06. The number of fused-ring (bicyclic) bond motifs is 1. The quantitative estimate of drug-likeness (QED) is 0.749. The number of nitrogens with zero attached hydrogens (tertiary/aromatic N) is 1. The van der Waals surface area contributed by atoms with Crippen molar-refractivity contribution in [1.29, 1.82) is 0 Å². The van der Waals surface area contributed by atoms with Gasteiger partial charge in [0.25, 0.3) is 0 Å². The van der Waals surface area contributed by atoms with E-state index in [0.717, 1.165) is 19.5 Å². The highest BCUT2D eigenvalue weighted by Crippen LogP contribution is 2.17. The van der Waals surface area contributed by atoms with Crippen LogP contribution in [0.15, 0.2) is 30.5 Å². The van der Waals surface area contributed by atoms with Crippen molar-refractivity contribution in [3.63, 3.8) is 0 Å². The Bertz CT molecular complexity index is 476. The Morgan fingerprint density at radius 1 is 1.29 bits per heavy atom. The van der Waals surface area contributed by atoms with E-state index in [0.29, 0.717) is 6.54 Å². The third-order valence-electron chi connectivity index (χ3n) is 2.94. The van der Waals surface area contributed by atoms with Crippen molar-refractivity contribution in [3.8, 4) is 0 Å². The molecule has 3 heteroatoms. The van der Waals surface area contributed by atoms with Crippen LogP contribution in [0, 0.1) is 0 Å². The van der Waals surface area contributed by atoms with Crippen LogP contribution in [0.4, 0.5) is 0 Å². The molecule has 0 aliphatic heterocycles. The molecule has 0 spiro atoms. The maximum absolute atomic E-state index is 9.01. The van der Waals surface area contributed by atoms with E-state index < -0.39 is 0 Å². The molecular weight excluding hydrogens is 212 g/mol. The topological polar surface area (TPSA) is 37.2 Å². The highest BCUT2D eigenvalue weighted by atomic mass is 16.3. The fourth-order valence-corrected chi connectivity index (χ4v) is 2.05. The molecule has 3 nitrogen and oxygen atoms in total. The van der Waals surface area contributed by atoms with Gasteiger partial charge in [-0.05, 0) is 36.0 Å². The minimum absolute atomic E-state index is 0.183. The molecule has 0 saturated heterocycles. The van der Waals surface area contributed by atoms with Crippen molar-refractivity contribution in [2.24, 2.45) is 0 Å². The second kappa shape index (κ2) is 5.84. The standard InChI is InChI=1S/C14H20N2O/c1-2-6-15-11-12-3-4-13-5-7-16(8-9-17)14(13)10-12/h3-5,7,10,15,17H,2,6,8-9,11H2,1H3. The lowest BCUT2D eigenvalue weighted by Crippen LogP contribution is -2.13. The SMILES string of the molecule is CCCNCc1ccc2ccn(CCO)c2c1. The summed E-state index contributed by atoms with van der Waals surface area (Å²) in [6.07, 6.45) is 3.19. The predicted octanol–water partition coefficient (Wildman–Crippen LogP) is 2.13. The van der Waals surface area contributed by atoms with Gasteiger partial charge in [0.05, 0.1) is 6.61 Å². The van der Waals surface area contributed by atoms with Gasteiger partial charge in [-0.3, -0.25) is 0 Å². The summed E-state index contributed by atoms with van der Waals surface area (Å²) in [5, 5.41) is 13.6. The van der Waals surface area contributed by atoms with Crippen molar-refractivity contribution < 1.29 is 5.11 Å². The van der Waals surface area contributed by atoms with Gasteiger partial charge >= 0.3 is 0 Å². The van der Waals surface area contributed by atoms with Crippen molar-refractivity contribution in [3.05, 3.63) is 36.0 Å². The first-order valence-electron chi connectivity index (χ1n) is 6.24. The highest BCUT2D eigenvalue weighted by molar-refractivity contribution is 5.80. The van der Waals surface area contributed by atoms with Crippen LogP contribution in [-0.4, -0.2) is 22.8 Å².